The maximum absolute atomic E-state index is 12.4. The van der Waals surface area contributed by atoms with E-state index in [1.807, 2.05) is 27.7 Å². The van der Waals surface area contributed by atoms with Gasteiger partial charge in [-0.3, -0.25) is 0 Å². The Hall–Kier alpha value is -2.42. The topological polar surface area (TPSA) is 27.7 Å². The minimum atomic E-state index is -4.40. The van der Waals surface area contributed by atoms with Crippen molar-refractivity contribution in [1.82, 2.24) is 0 Å². The minimum Gasteiger partial charge on any atom is -0.484 e. The molecule has 0 spiro atoms. The second-order valence-electron chi connectivity index (χ2n) is 9.18. The van der Waals surface area contributed by atoms with Gasteiger partial charge >= 0.3 is 12.4 Å². The first-order valence-electron chi connectivity index (χ1n) is 11.4. The summed E-state index contributed by atoms with van der Waals surface area (Å²) in [4.78, 5) is 0. The largest absolute Gasteiger partial charge is 0.484 e. The van der Waals surface area contributed by atoms with Gasteiger partial charge in [0.25, 0.3) is 0 Å². The monoisotopic (exact) mass is 506 g/mol. The number of benzene rings is 2. The smallest absolute Gasteiger partial charge is 0.422 e. The van der Waals surface area contributed by atoms with Crippen molar-refractivity contribution in [1.29, 1.82) is 0 Å². The average Bonchev–Trinajstić information content (AvgIpc) is 2.81. The van der Waals surface area contributed by atoms with Crippen LogP contribution in [0.25, 0.3) is 0 Å². The first-order chi connectivity index (χ1) is 16.2. The zero-order valence-electron chi connectivity index (χ0n) is 20.4. The van der Waals surface area contributed by atoms with Crippen LogP contribution in [-0.2, 0) is 15.6 Å². The molecule has 2 atom stereocenters. The maximum Gasteiger partial charge on any atom is 0.422 e. The van der Waals surface area contributed by atoms with Crippen LogP contribution in [0, 0.1) is 0 Å². The normalized spacial score (nSPS) is 15.8. The van der Waals surface area contributed by atoms with E-state index in [0.29, 0.717) is 13.2 Å². The number of alkyl halides is 6. The summed E-state index contributed by atoms with van der Waals surface area (Å²) in [6.07, 6.45) is -7.31. The van der Waals surface area contributed by atoms with Gasteiger partial charge in [-0.25, -0.2) is 0 Å². The molecular formula is C26H32F6O3. The second-order valence-corrected chi connectivity index (χ2v) is 9.18. The van der Waals surface area contributed by atoms with E-state index in [4.69, 9.17) is 14.2 Å². The van der Waals surface area contributed by atoms with E-state index in [2.05, 4.69) is 0 Å². The van der Waals surface area contributed by atoms with Crippen LogP contribution in [0.5, 0.6) is 11.5 Å². The van der Waals surface area contributed by atoms with E-state index in [-0.39, 0.29) is 22.3 Å². The van der Waals surface area contributed by atoms with Crippen LogP contribution >= 0.6 is 0 Å². The molecule has 0 saturated carbocycles. The van der Waals surface area contributed by atoms with E-state index in [0.717, 1.165) is 24.0 Å². The molecule has 2 aromatic carbocycles. The first-order valence-corrected chi connectivity index (χ1v) is 11.4. The summed E-state index contributed by atoms with van der Waals surface area (Å²) in [6.45, 7) is 6.15. The van der Waals surface area contributed by atoms with Crippen molar-refractivity contribution in [2.45, 2.75) is 63.7 Å². The lowest BCUT2D eigenvalue weighted by atomic mass is 9.79. The fourth-order valence-electron chi connectivity index (χ4n) is 3.52. The molecule has 0 aromatic heterocycles. The SMILES string of the molecule is CCC(C)(COCC(C)(CC)c1ccc(OCC(F)(F)F)cc1)c1ccc(OCC(F)(F)F)cc1. The van der Waals surface area contributed by atoms with Gasteiger partial charge in [0, 0.05) is 10.8 Å². The molecule has 0 amide bonds. The summed E-state index contributed by atoms with van der Waals surface area (Å²) in [5.74, 6) is 0.290. The number of halogens is 6. The Bertz CT molecular complexity index is 833. The van der Waals surface area contributed by atoms with Crippen molar-refractivity contribution in [2.24, 2.45) is 0 Å². The molecule has 2 unspecified atom stereocenters. The molecule has 0 fully saturated rings. The summed E-state index contributed by atoms with van der Waals surface area (Å²) in [7, 11) is 0. The average molecular weight is 507 g/mol. The minimum absolute atomic E-state index is 0.145. The molecule has 0 radical (unpaired) electrons. The lowest BCUT2D eigenvalue weighted by molar-refractivity contribution is -0.154. The lowest BCUT2D eigenvalue weighted by Gasteiger charge is -2.33. The van der Waals surface area contributed by atoms with Crippen LogP contribution in [-0.4, -0.2) is 38.8 Å². The number of rotatable bonds is 12. The third-order valence-electron chi connectivity index (χ3n) is 6.31. The first kappa shape index (κ1) is 28.8. The van der Waals surface area contributed by atoms with Crippen LogP contribution in [0.2, 0.25) is 0 Å². The lowest BCUT2D eigenvalue weighted by Crippen LogP contribution is -2.33. The summed E-state index contributed by atoms with van der Waals surface area (Å²) in [6, 6.07) is 13.1. The Morgan fingerprint density at radius 2 is 0.857 bits per heavy atom. The van der Waals surface area contributed by atoms with Crippen molar-refractivity contribution >= 4 is 0 Å². The fraction of sp³-hybridized carbons (Fsp3) is 0.538. The standard InChI is InChI=1S/C26H32F6O3/c1-5-23(3,19-7-11-21(12-8-19)34-17-25(27,28)29)15-33-16-24(4,6-2)20-9-13-22(14-10-20)35-18-26(30,31)32/h7-14H,5-6,15-18H2,1-4H3. The van der Waals surface area contributed by atoms with Crippen molar-refractivity contribution in [2.75, 3.05) is 26.4 Å². The van der Waals surface area contributed by atoms with Crippen molar-refractivity contribution < 1.29 is 40.6 Å². The van der Waals surface area contributed by atoms with Gasteiger partial charge in [-0.1, -0.05) is 52.0 Å². The molecule has 0 aliphatic heterocycles. The zero-order valence-corrected chi connectivity index (χ0v) is 20.4. The number of ether oxygens (including phenoxy) is 3. The Morgan fingerprint density at radius 1 is 0.543 bits per heavy atom. The molecule has 0 heterocycles. The quantitative estimate of drug-likeness (QED) is 0.277. The summed E-state index contributed by atoms with van der Waals surface area (Å²) in [5.41, 5.74) is 1.10. The van der Waals surface area contributed by atoms with Crippen LogP contribution in [0.15, 0.2) is 48.5 Å². The predicted molar refractivity (Wildman–Crippen MR) is 122 cm³/mol. The van der Waals surface area contributed by atoms with E-state index >= 15 is 0 Å². The maximum atomic E-state index is 12.4. The Morgan fingerprint density at radius 3 is 1.11 bits per heavy atom. The summed E-state index contributed by atoms with van der Waals surface area (Å²) in [5, 5.41) is 0. The number of hydrogen-bond donors (Lipinski definition) is 0. The predicted octanol–water partition coefficient (Wildman–Crippen LogP) is 7.62. The van der Waals surface area contributed by atoms with Crippen LogP contribution < -0.4 is 9.47 Å². The van der Waals surface area contributed by atoms with E-state index in [1.54, 1.807) is 24.3 Å². The molecule has 2 aromatic rings. The Balaban J connectivity index is 2.01. The summed E-state index contributed by atoms with van der Waals surface area (Å²) >= 11 is 0. The van der Waals surface area contributed by atoms with Crippen molar-refractivity contribution in [3.05, 3.63) is 59.7 Å². The van der Waals surface area contributed by atoms with Crippen molar-refractivity contribution in [3.8, 4) is 11.5 Å². The highest BCUT2D eigenvalue weighted by molar-refractivity contribution is 5.33. The highest BCUT2D eigenvalue weighted by Gasteiger charge is 2.31. The Kier molecular flexibility index (Phi) is 9.50. The van der Waals surface area contributed by atoms with Crippen LogP contribution in [0.4, 0.5) is 26.3 Å². The molecular weight excluding hydrogens is 474 g/mol. The third-order valence-corrected chi connectivity index (χ3v) is 6.31. The fourth-order valence-corrected chi connectivity index (χ4v) is 3.52. The van der Waals surface area contributed by atoms with E-state index in [1.165, 1.54) is 24.3 Å². The molecule has 2 rings (SSSR count). The highest BCUT2D eigenvalue weighted by Crippen LogP contribution is 2.33. The van der Waals surface area contributed by atoms with Gasteiger partial charge < -0.3 is 14.2 Å². The molecule has 9 heteroatoms. The van der Waals surface area contributed by atoms with Gasteiger partial charge in [-0.2, -0.15) is 26.3 Å². The molecule has 0 N–H and O–H groups in total. The number of hydrogen-bond acceptors (Lipinski definition) is 3. The molecule has 196 valence electrons. The van der Waals surface area contributed by atoms with Gasteiger partial charge in [-0.15, -0.1) is 0 Å². The molecule has 0 saturated heterocycles. The second kappa shape index (κ2) is 11.5. The third kappa shape index (κ3) is 8.94. The Labute approximate surface area is 202 Å². The van der Waals surface area contributed by atoms with Crippen molar-refractivity contribution in [3.63, 3.8) is 0 Å². The van der Waals surface area contributed by atoms with Gasteiger partial charge in [0.2, 0.25) is 0 Å². The highest BCUT2D eigenvalue weighted by atomic mass is 19.4. The molecule has 0 aliphatic carbocycles. The molecule has 0 bridgehead atoms. The van der Waals surface area contributed by atoms with E-state index < -0.39 is 25.6 Å². The van der Waals surface area contributed by atoms with Crippen LogP contribution in [0.3, 0.4) is 0 Å². The van der Waals surface area contributed by atoms with Gasteiger partial charge in [-0.05, 0) is 48.2 Å². The van der Waals surface area contributed by atoms with Crippen LogP contribution in [0.1, 0.15) is 51.7 Å². The molecule has 35 heavy (non-hydrogen) atoms. The van der Waals surface area contributed by atoms with Gasteiger partial charge in [0.15, 0.2) is 13.2 Å². The van der Waals surface area contributed by atoms with E-state index in [9.17, 15) is 26.3 Å². The molecule has 3 nitrogen and oxygen atoms in total. The van der Waals surface area contributed by atoms with Gasteiger partial charge in [0.1, 0.15) is 11.5 Å². The zero-order chi connectivity index (χ0) is 26.3. The van der Waals surface area contributed by atoms with Gasteiger partial charge in [0.05, 0.1) is 13.2 Å². The summed E-state index contributed by atoms with van der Waals surface area (Å²) < 4.78 is 89.9. The molecule has 0 aliphatic rings.